The number of carbonyl (C=O) groups excluding carboxylic acids is 1. The van der Waals surface area contributed by atoms with E-state index in [2.05, 4.69) is 4.99 Å². The predicted octanol–water partition coefficient (Wildman–Crippen LogP) is 4.38. The largest absolute Gasteiger partial charge is 0.494 e. The molecule has 0 aliphatic carbocycles. The van der Waals surface area contributed by atoms with E-state index < -0.39 is 10.9 Å². The smallest absolute Gasteiger partial charge is 0.363 e. The molecule has 138 valence electrons. The molecule has 0 bridgehead atoms. The van der Waals surface area contributed by atoms with Gasteiger partial charge in [0.25, 0.3) is 5.69 Å². The summed E-state index contributed by atoms with van der Waals surface area (Å²) in [5.41, 5.74) is 1.02. The van der Waals surface area contributed by atoms with Crippen molar-refractivity contribution in [2.45, 2.75) is 13.3 Å². The van der Waals surface area contributed by atoms with Crippen LogP contribution in [0.15, 0.2) is 53.2 Å². The quantitative estimate of drug-likeness (QED) is 0.318. The molecule has 0 amide bonds. The summed E-state index contributed by atoms with van der Waals surface area (Å²) in [6.45, 7) is 2.66. The van der Waals surface area contributed by atoms with Crippen LogP contribution >= 0.6 is 11.6 Å². The summed E-state index contributed by atoms with van der Waals surface area (Å²) in [4.78, 5) is 26.5. The number of halogens is 1. The Bertz CT molecular complexity index is 951. The van der Waals surface area contributed by atoms with Crippen LogP contribution < -0.4 is 4.74 Å². The van der Waals surface area contributed by atoms with E-state index in [4.69, 9.17) is 21.1 Å². The van der Waals surface area contributed by atoms with E-state index in [9.17, 15) is 14.9 Å². The van der Waals surface area contributed by atoms with Crippen LogP contribution in [0.5, 0.6) is 5.75 Å². The van der Waals surface area contributed by atoms with Crippen LogP contribution in [0.25, 0.3) is 6.08 Å². The number of ether oxygens (including phenoxy) is 2. The number of nitrogens with zero attached hydrogens (tertiary/aromatic N) is 2. The van der Waals surface area contributed by atoms with Gasteiger partial charge < -0.3 is 9.47 Å². The molecule has 0 saturated carbocycles. The number of benzene rings is 2. The first-order valence-corrected chi connectivity index (χ1v) is 8.55. The fraction of sp³-hybridized carbons (Fsp3) is 0.158. The van der Waals surface area contributed by atoms with Gasteiger partial charge in [0, 0.05) is 12.1 Å². The molecule has 1 aliphatic rings. The third kappa shape index (κ3) is 4.32. The van der Waals surface area contributed by atoms with Crippen molar-refractivity contribution in [3.8, 4) is 5.75 Å². The molecular formula is C19H15ClN2O5. The highest BCUT2D eigenvalue weighted by molar-refractivity contribution is 6.34. The first-order valence-electron chi connectivity index (χ1n) is 8.17. The third-order valence-corrected chi connectivity index (χ3v) is 3.98. The molecule has 27 heavy (non-hydrogen) atoms. The maximum Gasteiger partial charge on any atom is 0.363 e. The van der Waals surface area contributed by atoms with Crippen LogP contribution in [0.4, 0.5) is 5.69 Å². The molecule has 0 spiro atoms. The van der Waals surface area contributed by atoms with E-state index in [1.807, 2.05) is 6.92 Å². The van der Waals surface area contributed by atoms with Crippen molar-refractivity contribution >= 4 is 35.2 Å². The summed E-state index contributed by atoms with van der Waals surface area (Å²) in [5.74, 6) is 0.134. The number of rotatable bonds is 6. The summed E-state index contributed by atoms with van der Waals surface area (Å²) in [5, 5.41) is 10.9. The van der Waals surface area contributed by atoms with Crippen LogP contribution in [0.2, 0.25) is 5.02 Å². The lowest BCUT2D eigenvalue weighted by Crippen LogP contribution is -2.06. The van der Waals surface area contributed by atoms with Gasteiger partial charge >= 0.3 is 5.97 Å². The second-order valence-electron chi connectivity index (χ2n) is 5.67. The summed E-state index contributed by atoms with van der Waals surface area (Å²) < 4.78 is 10.7. The first-order chi connectivity index (χ1) is 13.0. The lowest BCUT2D eigenvalue weighted by Gasteiger charge is -2.04. The summed E-state index contributed by atoms with van der Waals surface area (Å²) in [6, 6.07) is 11.1. The van der Waals surface area contributed by atoms with E-state index in [0.29, 0.717) is 12.2 Å². The highest BCUT2D eigenvalue weighted by Crippen LogP contribution is 2.27. The van der Waals surface area contributed by atoms with Gasteiger partial charge in [-0.25, -0.2) is 9.79 Å². The van der Waals surface area contributed by atoms with Gasteiger partial charge in [-0.15, -0.1) is 0 Å². The normalized spacial score (nSPS) is 14.8. The lowest BCUT2D eigenvalue weighted by molar-refractivity contribution is -0.384. The van der Waals surface area contributed by atoms with Crippen molar-refractivity contribution in [1.82, 2.24) is 0 Å². The Morgan fingerprint density at radius 3 is 2.63 bits per heavy atom. The molecule has 0 N–H and O–H groups in total. The van der Waals surface area contributed by atoms with Gasteiger partial charge in [0.1, 0.15) is 5.75 Å². The SMILES string of the molecule is CCCOc1ccc(C=C2N=C(c3ccc([N+](=O)[O-])cc3Cl)OC2=O)cc1. The van der Waals surface area contributed by atoms with Crippen molar-refractivity contribution in [3.63, 3.8) is 0 Å². The molecule has 0 atom stereocenters. The summed E-state index contributed by atoms with van der Waals surface area (Å²) in [6.07, 6.45) is 2.50. The van der Waals surface area contributed by atoms with Crippen molar-refractivity contribution in [3.05, 3.63) is 74.4 Å². The van der Waals surface area contributed by atoms with E-state index in [1.54, 1.807) is 30.3 Å². The Morgan fingerprint density at radius 1 is 1.26 bits per heavy atom. The molecule has 1 aliphatic heterocycles. The van der Waals surface area contributed by atoms with Crippen molar-refractivity contribution in [2.75, 3.05) is 6.61 Å². The average molecular weight is 387 g/mol. The molecule has 0 unspecified atom stereocenters. The Hall–Kier alpha value is -3.19. The van der Waals surface area contributed by atoms with Crippen LogP contribution in [0, 0.1) is 10.1 Å². The number of cyclic esters (lactones) is 1. The highest BCUT2D eigenvalue weighted by Gasteiger charge is 2.26. The Kier molecular flexibility index (Phi) is 5.52. The van der Waals surface area contributed by atoms with E-state index in [0.717, 1.165) is 17.7 Å². The minimum atomic E-state index is -0.620. The number of nitro benzene ring substituents is 1. The molecule has 0 fully saturated rings. The summed E-state index contributed by atoms with van der Waals surface area (Å²) in [7, 11) is 0. The second kappa shape index (κ2) is 8.01. The van der Waals surface area contributed by atoms with Gasteiger partial charge in [-0.1, -0.05) is 30.7 Å². The maximum atomic E-state index is 12.1. The third-order valence-electron chi connectivity index (χ3n) is 3.67. The molecule has 0 aromatic heterocycles. The number of hydrogen-bond acceptors (Lipinski definition) is 6. The van der Waals surface area contributed by atoms with Gasteiger partial charge in [-0.3, -0.25) is 10.1 Å². The van der Waals surface area contributed by atoms with Crippen LogP contribution in [0.1, 0.15) is 24.5 Å². The minimum Gasteiger partial charge on any atom is -0.494 e. The van der Waals surface area contributed by atoms with Gasteiger partial charge in [0.2, 0.25) is 5.90 Å². The number of esters is 1. The maximum absolute atomic E-state index is 12.1. The molecule has 7 nitrogen and oxygen atoms in total. The lowest BCUT2D eigenvalue weighted by atomic mass is 10.2. The Balaban J connectivity index is 1.83. The minimum absolute atomic E-state index is 0.00838. The van der Waals surface area contributed by atoms with Gasteiger partial charge in [-0.05, 0) is 36.3 Å². The fourth-order valence-electron chi connectivity index (χ4n) is 2.35. The molecule has 0 radical (unpaired) electrons. The molecule has 8 heteroatoms. The molecule has 1 heterocycles. The van der Waals surface area contributed by atoms with Crippen molar-refractivity contribution in [1.29, 1.82) is 0 Å². The number of non-ortho nitro benzene ring substituents is 1. The number of aliphatic imine (C=N–C) groups is 1. The zero-order valence-corrected chi connectivity index (χ0v) is 15.1. The number of nitro groups is 1. The average Bonchev–Trinajstić information content (AvgIpc) is 3.01. The van der Waals surface area contributed by atoms with E-state index in [1.165, 1.54) is 18.2 Å². The topological polar surface area (TPSA) is 91.0 Å². The van der Waals surface area contributed by atoms with Crippen molar-refractivity contribution in [2.24, 2.45) is 4.99 Å². The molecule has 3 rings (SSSR count). The zero-order chi connectivity index (χ0) is 19.4. The van der Waals surface area contributed by atoms with Crippen LogP contribution in [-0.2, 0) is 9.53 Å². The second-order valence-corrected chi connectivity index (χ2v) is 6.08. The van der Waals surface area contributed by atoms with Crippen LogP contribution in [0.3, 0.4) is 0 Å². The Morgan fingerprint density at radius 2 is 2.00 bits per heavy atom. The molecule has 2 aromatic rings. The fourth-order valence-corrected chi connectivity index (χ4v) is 2.61. The van der Waals surface area contributed by atoms with Gasteiger partial charge in [0.05, 0.1) is 22.1 Å². The number of hydrogen-bond donors (Lipinski definition) is 0. The first kappa shape index (κ1) is 18.6. The van der Waals surface area contributed by atoms with Gasteiger partial charge in [-0.2, -0.15) is 0 Å². The predicted molar refractivity (Wildman–Crippen MR) is 101 cm³/mol. The molecule has 0 saturated heterocycles. The number of carbonyl (C=O) groups is 1. The molecular weight excluding hydrogens is 372 g/mol. The van der Waals surface area contributed by atoms with Gasteiger partial charge in [0.15, 0.2) is 5.70 Å². The molecule has 2 aromatic carbocycles. The van der Waals surface area contributed by atoms with E-state index in [-0.39, 0.29) is 22.3 Å². The zero-order valence-electron chi connectivity index (χ0n) is 14.3. The standard InChI is InChI=1S/C19H15ClN2O5/c1-2-9-26-14-6-3-12(4-7-14)10-17-19(23)27-18(21-17)15-8-5-13(22(24)25)11-16(15)20/h3-8,10-11H,2,9H2,1H3. The van der Waals surface area contributed by atoms with E-state index >= 15 is 0 Å². The Labute approximate surface area is 160 Å². The summed E-state index contributed by atoms with van der Waals surface area (Å²) >= 11 is 6.06. The monoisotopic (exact) mass is 386 g/mol. The van der Waals surface area contributed by atoms with Crippen molar-refractivity contribution < 1.29 is 19.2 Å². The van der Waals surface area contributed by atoms with Crippen LogP contribution in [-0.4, -0.2) is 23.4 Å². The highest BCUT2D eigenvalue weighted by atomic mass is 35.5.